The van der Waals surface area contributed by atoms with Crippen LogP contribution >= 0.6 is 0 Å². The van der Waals surface area contributed by atoms with E-state index in [0.717, 1.165) is 36.9 Å². The van der Waals surface area contributed by atoms with Gasteiger partial charge < -0.3 is 16.0 Å². The van der Waals surface area contributed by atoms with Gasteiger partial charge in [-0.3, -0.25) is 4.79 Å². The molecule has 18 heavy (non-hydrogen) atoms. The van der Waals surface area contributed by atoms with Gasteiger partial charge in [0.2, 0.25) is 5.91 Å². The van der Waals surface area contributed by atoms with Gasteiger partial charge in [-0.25, -0.2) is 0 Å². The average molecular weight is 245 g/mol. The van der Waals surface area contributed by atoms with Crippen LogP contribution in [-0.4, -0.2) is 25.0 Å². The van der Waals surface area contributed by atoms with Crippen molar-refractivity contribution < 1.29 is 4.79 Å². The molecular formula is C14H19N3O. The van der Waals surface area contributed by atoms with Gasteiger partial charge in [-0.05, 0) is 43.0 Å². The van der Waals surface area contributed by atoms with E-state index in [2.05, 4.69) is 22.0 Å². The number of hydrogen-bond donors (Lipinski definition) is 3. The largest absolute Gasteiger partial charge is 0.384 e. The molecule has 0 unspecified atom stereocenters. The molecule has 1 heterocycles. The molecule has 1 fully saturated rings. The molecule has 3 N–H and O–H groups in total. The number of anilines is 2. The molecule has 1 aromatic rings. The van der Waals surface area contributed by atoms with Gasteiger partial charge in [-0.15, -0.1) is 0 Å². The minimum Gasteiger partial charge on any atom is -0.384 e. The van der Waals surface area contributed by atoms with Gasteiger partial charge in [0.1, 0.15) is 0 Å². The lowest BCUT2D eigenvalue weighted by Crippen LogP contribution is -2.24. The van der Waals surface area contributed by atoms with E-state index in [1.807, 2.05) is 12.1 Å². The number of fused-ring (bicyclic) bond motifs is 1. The van der Waals surface area contributed by atoms with Crippen LogP contribution in [0.3, 0.4) is 0 Å². The maximum Gasteiger partial charge on any atom is 0.224 e. The van der Waals surface area contributed by atoms with Crippen LogP contribution in [0.5, 0.6) is 0 Å². The first-order valence-electron chi connectivity index (χ1n) is 6.71. The molecule has 3 rings (SSSR count). The fourth-order valence-electron chi connectivity index (χ4n) is 2.26. The van der Waals surface area contributed by atoms with Gasteiger partial charge in [0.05, 0.1) is 0 Å². The molecule has 2 aliphatic rings. The van der Waals surface area contributed by atoms with Crippen molar-refractivity contribution in [1.82, 2.24) is 5.32 Å². The van der Waals surface area contributed by atoms with Crippen molar-refractivity contribution in [3.05, 3.63) is 23.8 Å². The van der Waals surface area contributed by atoms with Crippen LogP contribution < -0.4 is 16.0 Å². The van der Waals surface area contributed by atoms with Crippen LogP contribution in [0.15, 0.2) is 18.2 Å². The predicted octanol–water partition coefficient (Wildman–Crippen LogP) is 1.74. The number of carbonyl (C=O) groups is 1. The van der Waals surface area contributed by atoms with Gasteiger partial charge in [0.15, 0.2) is 0 Å². The second-order valence-corrected chi connectivity index (χ2v) is 5.08. The summed E-state index contributed by atoms with van der Waals surface area (Å²) >= 11 is 0. The Labute approximate surface area is 107 Å². The second-order valence-electron chi connectivity index (χ2n) is 5.08. The Balaban J connectivity index is 1.54. The van der Waals surface area contributed by atoms with Crippen LogP contribution in [-0.2, 0) is 11.2 Å². The van der Waals surface area contributed by atoms with Gasteiger partial charge in [0.25, 0.3) is 0 Å². The normalized spacial score (nSPS) is 18.1. The van der Waals surface area contributed by atoms with Crippen molar-refractivity contribution in [2.24, 2.45) is 0 Å². The molecule has 4 heteroatoms. The van der Waals surface area contributed by atoms with E-state index in [9.17, 15) is 4.79 Å². The maximum atomic E-state index is 11.3. The summed E-state index contributed by atoms with van der Waals surface area (Å²) in [6.45, 7) is 1.96. The third-order valence-electron chi connectivity index (χ3n) is 3.47. The lowest BCUT2D eigenvalue weighted by atomic mass is 10.0. The van der Waals surface area contributed by atoms with E-state index in [0.29, 0.717) is 6.42 Å². The summed E-state index contributed by atoms with van der Waals surface area (Å²) in [7, 11) is 0. The molecule has 1 aliphatic carbocycles. The number of nitrogens with one attached hydrogen (secondary N) is 3. The Hall–Kier alpha value is -1.55. The first-order valence-corrected chi connectivity index (χ1v) is 6.71. The SMILES string of the molecule is O=C1CCc2cc(NCCNC3CC3)ccc2N1. The number of amides is 1. The zero-order valence-electron chi connectivity index (χ0n) is 10.5. The summed E-state index contributed by atoms with van der Waals surface area (Å²) in [4.78, 5) is 11.3. The van der Waals surface area contributed by atoms with E-state index < -0.39 is 0 Å². The van der Waals surface area contributed by atoms with Crippen molar-refractivity contribution >= 4 is 17.3 Å². The summed E-state index contributed by atoms with van der Waals surface area (Å²) in [5.74, 6) is 0.122. The molecular weight excluding hydrogens is 226 g/mol. The third-order valence-corrected chi connectivity index (χ3v) is 3.47. The second kappa shape index (κ2) is 4.98. The summed E-state index contributed by atoms with van der Waals surface area (Å²) in [5, 5.41) is 9.79. The van der Waals surface area contributed by atoms with Gasteiger partial charge in [-0.2, -0.15) is 0 Å². The maximum absolute atomic E-state index is 11.3. The summed E-state index contributed by atoms with van der Waals surface area (Å²) in [5.41, 5.74) is 3.34. The van der Waals surface area contributed by atoms with E-state index in [-0.39, 0.29) is 5.91 Å². The first kappa shape index (κ1) is 11.5. The molecule has 0 aromatic heterocycles. The highest BCUT2D eigenvalue weighted by Gasteiger charge is 2.19. The number of rotatable bonds is 5. The Morgan fingerprint density at radius 3 is 2.94 bits per heavy atom. The lowest BCUT2D eigenvalue weighted by molar-refractivity contribution is -0.116. The fraction of sp³-hybridized carbons (Fsp3) is 0.500. The molecule has 96 valence electrons. The molecule has 0 spiro atoms. The molecule has 1 aliphatic heterocycles. The summed E-state index contributed by atoms with van der Waals surface area (Å²) < 4.78 is 0. The highest BCUT2D eigenvalue weighted by molar-refractivity contribution is 5.94. The van der Waals surface area contributed by atoms with Crippen molar-refractivity contribution in [3.63, 3.8) is 0 Å². The summed E-state index contributed by atoms with van der Waals surface area (Å²) in [6.07, 6.45) is 4.10. The van der Waals surface area contributed by atoms with E-state index in [1.165, 1.54) is 18.4 Å². The average Bonchev–Trinajstić information content (AvgIpc) is 3.19. The highest BCUT2D eigenvalue weighted by atomic mass is 16.1. The van der Waals surface area contributed by atoms with Gasteiger partial charge in [0, 0.05) is 36.9 Å². The molecule has 1 aromatic carbocycles. The molecule has 0 bridgehead atoms. The van der Waals surface area contributed by atoms with Crippen LogP contribution in [0.1, 0.15) is 24.8 Å². The van der Waals surface area contributed by atoms with Crippen molar-refractivity contribution in [3.8, 4) is 0 Å². The van der Waals surface area contributed by atoms with Crippen LogP contribution in [0.4, 0.5) is 11.4 Å². The van der Waals surface area contributed by atoms with Crippen LogP contribution in [0, 0.1) is 0 Å². The van der Waals surface area contributed by atoms with Gasteiger partial charge in [-0.1, -0.05) is 0 Å². The molecule has 0 atom stereocenters. The summed E-state index contributed by atoms with van der Waals surface area (Å²) in [6, 6.07) is 6.93. The van der Waals surface area contributed by atoms with E-state index in [1.54, 1.807) is 0 Å². The topological polar surface area (TPSA) is 53.2 Å². The first-order chi connectivity index (χ1) is 8.81. The monoisotopic (exact) mass is 245 g/mol. The zero-order valence-corrected chi connectivity index (χ0v) is 10.5. The Kier molecular flexibility index (Phi) is 3.19. The van der Waals surface area contributed by atoms with Crippen LogP contribution in [0.25, 0.3) is 0 Å². The number of hydrogen-bond acceptors (Lipinski definition) is 3. The molecule has 0 radical (unpaired) electrons. The highest BCUT2D eigenvalue weighted by Crippen LogP contribution is 2.25. The smallest absolute Gasteiger partial charge is 0.224 e. The molecule has 0 saturated heterocycles. The Bertz CT molecular complexity index is 454. The standard InChI is InChI=1S/C14H19N3O/c18-14-6-1-10-9-12(4-5-13(10)17-14)16-8-7-15-11-2-3-11/h4-5,9,11,15-16H,1-3,6-8H2,(H,17,18). The Morgan fingerprint density at radius 1 is 1.22 bits per heavy atom. The predicted molar refractivity (Wildman–Crippen MR) is 72.9 cm³/mol. The fourth-order valence-corrected chi connectivity index (χ4v) is 2.26. The molecule has 4 nitrogen and oxygen atoms in total. The molecule has 1 amide bonds. The Morgan fingerprint density at radius 2 is 2.11 bits per heavy atom. The van der Waals surface area contributed by atoms with E-state index in [4.69, 9.17) is 0 Å². The number of carbonyl (C=O) groups excluding carboxylic acids is 1. The quantitative estimate of drug-likeness (QED) is 0.693. The van der Waals surface area contributed by atoms with Crippen molar-refractivity contribution in [1.29, 1.82) is 0 Å². The number of benzene rings is 1. The molecule has 1 saturated carbocycles. The minimum absolute atomic E-state index is 0.122. The van der Waals surface area contributed by atoms with Gasteiger partial charge >= 0.3 is 0 Å². The van der Waals surface area contributed by atoms with Crippen molar-refractivity contribution in [2.75, 3.05) is 23.7 Å². The third kappa shape index (κ3) is 2.82. The van der Waals surface area contributed by atoms with Crippen molar-refractivity contribution in [2.45, 2.75) is 31.7 Å². The lowest BCUT2D eigenvalue weighted by Gasteiger charge is -2.18. The number of aryl methyl sites for hydroxylation is 1. The zero-order chi connectivity index (χ0) is 12.4. The van der Waals surface area contributed by atoms with Crippen LogP contribution in [0.2, 0.25) is 0 Å². The van der Waals surface area contributed by atoms with E-state index >= 15 is 0 Å². The minimum atomic E-state index is 0.122.